The minimum absolute atomic E-state index is 0.116. The molecule has 0 atom stereocenters. The van der Waals surface area contributed by atoms with Crippen LogP contribution in [0.5, 0.6) is 5.75 Å². The van der Waals surface area contributed by atoms with Crippen molar-refractivity contribution in [3.8, 4) is 17.1 Å². The number of nitrogens with one attached hydrogen (secondary N) is 3. The second-order valence-corrected chi connectivity index (χ2v) is 7.71. The molecule has 1 amide bonds. The third-order valence-electron chi connectivity index (χ3n) is 3.96. The number of ether oxygens (including phenoxy) is 1. The van der Waals surface area contributed by atoms with Crippen LogP contribution >= 0.6 is 0 Å². The number of anilines is 1. The number of sulfonamides is 1. The SMILES string of the molecule is CNS(=O)(=O)c1cc(C(=O)Nc2cccc(-c3n[nH]c(C)n3)c2)ccc1OC. The highest BCUT2D eigenvalue weighted by atomic mass is 32.2. The second-order valence-electron chi connectivity index (χ2n) is 5.85. The molecule has 0 aliphatic rings. The summed E-state index contributed by atoms with van der Waals surface area (Å²) in [5, 5.41) is 9.61. The molecule has 0 saturated carbocycles. The molecule has 1 aromatic heterocycles. The molecule has 3 aromatic rings. The Bertz CT molecular complexity index is 1120. The molecule has 3 rings (SSSR count). The molecule has 0 unspecified atom stereocenters. The highest BCUT2D eigenvalue weighted by Gasteiger charge is 2.20. The molecule has 3 N–H and O–H groups in total. The maximum absolute atomic E-state index is 12.6. The Morgan fingerprint density at radius 2 is 1.96 bits per heavy atom. The van der Waals surface area contributed by atoms with Gasteiger partial charge in [0, 0.05) is 16.8 Å². The van der Waals surface area contributed by atoms with E-state index in [4.69, 9.17) is 4.74 Å². The lowest BCUT2D eigenvalue weighted by molar-refractivity contribution is 0.102. The maximum Gasteiger partial charge on any atom is 0.255 e. The molecule has 0 spiro atoms. The summed E-state index contributed by atoms with van der Waals surface area (Å²) in [5.74, 6) is 0.882. The largest absolute Gasteiger partial charge is 0.495 e. The molecule has 2 aromatic carbocycles. The number of aromatic amines is 1. The molecule has 9 nitrogen and oxygen atoms in total. The first-order valence-electron chi connectivity index (χ1n) is 8.26. The van der Waals surface area contributed by atoms with E-state index in [-0.39, 0.29) is 16.2 Å². The topological polar surface area (TPSA) is 126 Å². The molecule has 0 radical (unpaired) electrons. The van der Waals surface area contributed by atoms with Crippen molar-refractivity contribution in [3.05, 3.63) is 53.9 Å². The molecule has 0 saturated heterocycles. The smallest absolute Gasteiger partial charge is 0.255 e. The number of H-pyrrole nitrogens is 1. The van der Waals surface area contributed by atoms with E-state index in [2.05, 4.69) is 25.2 Å². The zero-order valence-corrected chi connectivity index (χ0v) is 16.3. The van der Waals surface area contributed by atoms with Gasteiger partial charge in [-0.2, -0.15) is 5.10 Å². The average molecular weight is 401 g/mol. The van der Waals surface area contributed by atoms with Crippen LogP contribution in [-0.4, -0.2) is 43.7 Å². The number of carbonyl (C=O) groups excluding carboxylic acids is 1. The molecule has 0 bridgehead atoms. The lowest BCUT2D eigenvalue weighted by Crippen LogP contribution is -2.20. The van der Waals surface area contributed by atoms with E-state index in [1.807, 2.05) is 6.07 Å². The number of hydrogen-bond donors (Lipinski definition) is 3. The summed E-state index contributed by atoms with van der Waals surface area (Å²) in [5.41, 5.74) is 1.43. The predicted molar refractivity (Wildman–Crippen MR) is 104 cm³/mol. The summed E-state index contributed by atoms with van der Waals surface area (Å²) in [4.78, 5) is 16.8. The Balaban J connectivity index is 1.89. The zero-order valence-electron chi connectivity index (χ0n) is 15.5. The average Bonchev–Trinajstić information content (AvgIpc) is 3.14. The van der Waals surface area contributed by atoms with Crippen LogP contribution < -0.4 is 14.8 Å². The van der Waals surface area contributed by atoms with Crippen LogP contribution in [0.3, 0.4) is 0 Å². The third-order valence-corrected chi connectivity index (χ3v) is 5.40. The van der Waals surface area contributed by atoms with E-state index in [1.54, 1.807) is 25.1 Å². The van der Waals surface area contributed by atoms with E-state index in [1.165, 1.54) is 32.4 Å². The van der Waals surface area contributed by atoms with Gasteiger partial charge in [-0.1, -0.05) is 12.1 Å². The first-order valence-corrected chi connectivity index (χ1v) is 9.75. The van der Waals surface area contributed by atoms with Crippen LogP contribution in [0, 0.1) is 6.92 Å². The van der Waals surface area contributed by atoms with Gasteiger partial charge >= 0.3 is 0 Å². The third kappa shape index (κ3) is 4.02. The van der Waals surface area contributed by atoms with E-state index < -0.39 is 15.9 Å². The standard InChI is InChI=1S/C18H19N5O4S/c1-11-20-17(23-22-11)12-5-4-6-14(9-12)21-18(24)13-7-8-15(27-3)16(10-13)28(25,26)19-2/h4-10,19H,1-3H3,(H,21,24)(H,20,22,23). The Morgan fingerprint density at radius 3 is 2.61 bits per heavy atom. The van der Waals surface area contributed by atoms with E-state index in [0.717, 1.165) is 5.56 Å². The summed E-state index contributed by atoms with van der Waals surface area (Å²) < 4.78 is 31.7. The van der Waals surface area contributed by atoms with Gasteiger partial charge in [0.1, 0.15) is 16.5 Å². The monoisotopic (exact) mass is 401 g/mol. The number of benzene rings is 2. The first kappa shape index (κ1) is 19.5. The van der Waals surface area contributed by atoms with Crippen molar-refractivity contribution in [1.29, 1.82) is 0 Å². The number of amides is 1. The predicted octanol–water partition coefficient (Wildman–Crippen LogP) is 1.95. The molecular weight excluding hydrogens is 382 g/mol. The van der Waals surface area contributed by atoms with Crippen LogP contribution in [0.4, 0.5) is 5.69 Å². The summed E-state index contributed by atoms with van der Waals surface area (Å²) >= 11 is 0. The molecule has 0 aliphatic heterocycles. The Hall–Kier alpha value is -3.24. The number of methoxy groups -OCH3 is 1. The summed E-state index contributed by atoms with van der Waals surface area (Å²) in [6, 6.07) is 11.2. The van der Waals surface area contributed by atoms with Gasteiger partial charge in [-0.05, 0) is 44.3 Å². The van der Waals surface area contributed by atoms with Gasteiger partial charge in [0.05, 0.1) is 7.11 Å². The lowest BCUT2D eigenvalue weighted by atomic mass is 10.1. The normalized spacial score (nSPS) is 11.2. The fourth-order valence-electron chi connectivity index (χ4n) is 2.55. The fraction of sp³-hybridized carbons (Fsp3) is 0.167. The Labute approximate surface area is 162 Å². The highest BCUT2D eigenvalue weighted by molar-refractivity contribution is 7.89. The number of aryl methyl sites for hydroxylation is 1. The minimum atomic E-state index is -3.79. The van der Waals surface area contributed by atoms with Crippen molar-refractivity contribution >= 4 is 21.6 Å². The van der Waals surface area contributed by atoms with Crippen LogP contribution in [-0.2, 0) is 10.0 Å². The summed E-state index contributed by atoms with van der Waals surface area (Å²) in [7, 11) is -1.13. The van der Waals surface area contributed by atoms with Crippen molar-refractivity contribution in [2.75, 3.05) is 19.5 Å². The Morgan fingerprint density at radius 1 is 1.18 bits per heavy atom. The van der Waals surface area contributed by atoms with Gasteiger partial charge in [0.2, 0.25) is 10.0 Å². The molecule has 146 valence electrons. The van der Waals surface area contributed by atoms with Crippen LogP contribution in [0.1, 0.15) is 16.2 Å². The van der Waals surface area contributed by atoms with E-state index >= 15 is 0 Å². The lowest BCUT2D eigenvalue weighted by Gasteiger charge is -2.11. The molecule has 0 aliphatic carbocycles. The van der Waals surface area contributed by atoms with Gasteiger partial charge in [0.15, 0.2) is 5.82 Å². The quantitative estimate of drug-likeness (QED) is 0.580. The van der Waals surface area contributed by atoms with Gasteiger partial charge in [-0.15, -0.1) is 0 Å². The van der Waals surface area contributed by atoms with Crippen molar-refractivity contribution in [1.82, 2.24) is 19.9 Å². The molecule has 28 heavy (non-hydrogen) atoms. The van der Waals surface area contributed by atoms with Crippen LogP contribution in [0.25, 0.3) is 11.4 Å². The molecular formula is C18H19N5O4S. The Kier molecular flexibility index (Phi) is 5.43. The van der Waals surface area contributed by atoms with Crippen molar-refractivity contribution in [2.45, 2.75) is 11.8 Å². The van der Waals surface area contributed by atoms with Crippen molar-refractivity contribution in [2.24, 2.45) is 0 Å². The number of rotatable bonds is 6. The van der Waals surface area contributed by atoms with Crippen LogP contribution in [0.2, 0.25) is 0 Å². The van der Waals surface area contributed by atoms with Gasteiger partial charge in [-0.3, -0.25) is 9.89 Å². The van der Waals surface area contributed by atoms with Gasteiger partial charge in [-0.25, -0.2) is 18.1 Å². The van der Waals surface area contributed by atoms with Gasteiger partial charge < -0.3 is 10.1 Å². The summed E-state index contributed by atoms with van der Waals surface area (Å²) in [6.45, 7) is 1.79. The number of carbonyl (C=O) groups is 1. The maximum atomic E-state index is 12.6. The van der Waals surface area contributed by atoms with Crippen molar-refractivity contribution in [3.63, 3.8) is 0 Å². The number of aromatic nitrogens is 3. The van der Waals surface area contributed by atoms with E-state index in [9.17, 15) is 13.2 Å². The number of nitrogens with zero attached hydrogens (tertiary/aromatic N) is 2. The molecule has 10 heteroatoms. The van der Waals surface area contributed by atoms with Gasteiger partial charge in [0.25, 0.3) is 5.91 Å². The summed E-state index contributed by atoms with van der Waals surface area (Å²) in [6.07, 6.45) is 0. The zero-order chi connectivity index (χ0) is 20.3. The molecule has 0 fully saturated rings. The second kappa shape index (κ2) is 7.79. The van der Waals surface area contributed by atoms with E-state index in [0.29, 0.717) is 17.3 Å². The first-order chi connectivity index (χ1) is 13.3. The highest BCUT2D eigenvalue weighted by Crippen LogP contribution is 2.25. The van der Waals surface area contributed by atoms with Crippen molar-refractivity contribution < 1.29 is 17.9 Å². The molecule has 1 heterocycles. The van der Waals surface area contributed by atoms with Crippen LogP contribution in [0.15, 0.2) is 47.4 Å². The fourth-order valence-corrected chi connectivity index (χ4v) is 3.47. The minimum Gasteiger partial charge on any atom is -0.495 e. The number of hydrogen-bond acceptors (Lipinski definition) is 6.